The van der Waals surface area contributed by atoms with Gasteiger partial charge in [0, 0.05) is 40.5 Å². The van der Waals surface area contributed by atoms with Gasteiger partial charge in [-0.2, -0.15) is 5.26 Å². The molecule has 0 aromatic heterocycles. The first-order chi connectivity index (χ1) is 16.3. The summed E-state index contributed by atoms with van der Waals surface area (Å²) in [6, 6.07) is 18.6. The Bertz CT molecular complexity index is 1280. The lowest BCUT2D eigenvalue weighted by Gasteiger charge is -2.35. The van der Waals surface area contributed by atoms with Crippen molar-refractivity contribution in [2.75, 3.05) is 18.8 Å². The number of piperidine rings is 1. The van der Waals surface area contributed by atoms with Crippen LogP contribution in [0, 0.1) is 24.2 Å². The van der Waals surface area contributed by atoms with Gasteiger partial charge in [0.15, 0.2) is 0 Å². The highest BCUT2D eigenvalue weighted by molar-refractivity contribution is 6.30. The number of phenolic OH excluding ortho intramolecular Hbond substituents is 1. The number of aryl methyl sites for hydroxylation is 1. The number of hydrogen-bond acceptors (Lipinski definition) is 5. The normalized spacial score (nSPS) is 15.1. The molecule has 0 spiro atoms. The number of benzene rings is 3. The number of anilines is 1. The van der Waals surface area contributed by atoms with Crippen LogP contribution < -0.4 is 11.5 Å². The van der Waals surface area contributed by atoms with Crippen LogP contribution in [0.3, 0.4) is 0 Å². The molecule has 0 amide bonds. The number of phenols is 1. The predicted octanol–water partition coefficient (Wildman–Crippen LogP) is 5.99. The molecule has 3 aromatic carbocycles. The van der Waals surface area contributed by atoms with Crippen molar-refractivity contribution >= 4 is 28.7 Å². The molecule has 1 fully saturated rings. The second-order valence-corrected chi connectivity index (χ2v) is 9.50. The Balaban J connectivity index is 1.92. The Labute approximate surface area is 205 Å². The fraction of sp³-hybridized carbons (Fsp3) is 0.250. The second-order valence-electron chi connectivity index (χ2n) is 9.06. The molecule has 1 saturated heterocycles. The highest BCUT2D eigenvalue weighted by Gasteiger charge is 2.24. The van der Waals surface area contributed by atoms with Crippen LogP contribution in [-0.4, -0.2) is 23.1 Å². The van der Waals surface area contributed by atoms with Crippen LogP contribution in [0.1, 0.15) is 42.0 Å². The summed E-state index contributed by atoms with van der Waals surface area (Å²) in [7, 11) is 0. The fourth-order valence-electron chi connectivity index (χ4n) is 4.54. The minimum atomic E-state index is -0.0449. The molecular weight excluding hydrogens is 444 g/mol. The Morgan fingerprint density at radius 2 is 1.85 bits per heavy atom. The highest BCUT2D eigenvalue weighted by atomic mass is 35.5. The topological polar surface area (TPSA) is 99.3 Å². The van der Waals surface area contributed by atoms with E-state index in [1.165, 1.54) is 0 Å². The average Bonchev–Trinajstić information content (AvgIpc) is 2.81. The molecule has 5 nitrogen and oxygen atoms in total. The molecule has 5 N–H and O–H groups in total. The number of para-hydroxylation sites is 1. The first-order valence-corrected chi connectivity index (χ1v) is 11.8. The fourth-order valence-corrected chi connectivity index (χ4v) is 4.83. The molecule has 0 saturated carbocycles. The maximum absolute atomic E-state index is 10.7. The summed E-state index contributed by atoms with van der Waals surface area (Å²) in [5.74, 6) is 0.609. The van der Waals surface area contributed by atoms with Crippen molar-refractivity contribution in [3.63, 3.8) is 0 Å². The summed E-state index contributed by atoms with van der Waals surface area (Å²) in [5, 5.41) is 20.6. The van der Waals surface area contributed by atoms with Crippen LogP contribution in [0.15, 0.2) is 54.6 Å². The van der Waals surface area contributed by atoms with Crippen LogP contribution in [0.5, 0.6) is 5.75 Å². The van der Waals surface area contributed by atoms with Crippen molar-refractivity contribution in [3.05, 3.63) is 81.9 Å². The number of nitriles is 1. The van der Waals surface area contributed by atoms with Gasteiger partial charge in [0.25, 0.3) is 0 Å². The van der Waals surface area contributed by atoms with Crippen LogP contribution >= 0.6 is 11.6 Å². The second kappa shape index (κ2) is 9.70. The summed E-state index contributed by atoms with van der Waals surface area (Å²) in [6.45, 7) is 6.00. The van der Waals surface area contributed by atoms with Gasteiger partial charge in [-0.25, -0.2) is 0 Å². The smallest absolute Gasteiger partial charge is 0.141 e. The predicted molar refractivity (Wildman–Crippen MR) is 140 cm³/mol. The van der Waals surface area contributed by atoms with Crippen molar-refractivity contribution < 1.29 is 5.11 Å². The monoisotopic (exact) mass is 472 g/mol. The van der Waals surface area contributed by atoms with E-state index in [1.807, 2.05) is 49.4 Å². The lowest BCUT2D eigenvalue weighted by Crippen LogP contribution is -2.33. The number of aromatic hydroxyl groups is 1. The number of halogens is 1. The molecule has 4 rings (SSSR count). The number of hydrogen-bond donors (Lipinski definition) is 3. The first-order valence-electron chi connectivity index (χ1n) is 11.4. The number of rotatable bonds is 4. The van der Waals surface area contributed by atoms with Gasteiger partial charge in [-0.3, -0.25) is 0 Å². The molecule has 1 aliphatic rings. The average molecular weight is 473 g/mol. The van der Waals surface area contributed by atoms with E-state index in [-0.39, 0.29) is 11.3 Å². The van der Waals surface area contributed by atoms with Crippen LogP contribution in [0.25, 0.3) is 22.5 Å². The molecule has 0 bridgehead atoms. The Morgan fingerprint density at radius 1 is 1.12 bits per heavy atom. The van der Waals surface area contributed by atoms with Crippen molar-refractivity contribution in [3.8, 4) is 22.9 Å². The Hall–Kier alpha value is -3.62. The quantitative estimate of drug-likeness (QED) is 0.320. The van der Waals surface area contributed by atoms with Gasteiger partial charge in [0.2, 0.25) is 0 Å². The number of likely N-dealkylation sites (tertiary alicyclic amines) is 1. The number of nitrogen functional groups attached to an aromatic ring is 1. The molecule has 0 atom stereocenters. The Kier molecular flexibility index (Phi) is 6.72. The van der Waals surface area contributed by atoms with Gasteiger partial charge in [0.1, 0.15) is 11.8 Å². The molecule has 0 aliphatic carbocycles. The van der Waals surface area contributed by atoms with E-state index in [0.717, 1.165) is 53.9 Å². The van der Waals surface area contributed by atoms with Crippen molar-refractivity contribution in [1.82, 2.24) is 4.90 Å². The van der Waals surface area contributed by atoms with Crippen molar-refractivity contribution in [2.45, 2.75) is 26.7 Å². The SMILES string of the molecule is Cc1cc(Cl)cc(/C(N)=C(/c2cc(-c3cccc(C#N)c3O)ccc2N)N2CCC(C)CC2)c1. The zero-order chi connectivity index (χ0) is 24.4. The van der Waals surface area contributed by atoms with Gasteiger partial charge in [-0.1, -0.05) is 36.7 Å². The lowest BCUT2D eigenvalue weighted by molar-refractivity contribution is 0.268. The third-order valence-electron chi connectivity index (χ3n) is 6.48. The molecule has 0 unspecified atom stereocenters. The third kappa shape index (κ3) is 4.69. The van der Waals surface area contributed by atoms with E-state index < -0.39 is 0 Å². The zero-order valence-electron chi connectivity index (χ0n) is 19.5. The van der Waals surface area contributed by atoms with E-state index in [2.05, 4.69) is 11.8 Å². The summed E-state index contributed by atoms with van der Waals surface area (Å²) >= 11 is 6.36. The Morgan fingerprint density at radius 3 is 2.53 bits per heavy atom. The van der Waals surface area contributed by atoms with Gasteiger partial charge in [-0.05, 0) is 73.2 Å². The summed E-state index contributed by atoms with van der Waals surface area (Å²) in [5.41, 5.74) is 19.6. The maximum atomic E-state index is 10.7. The molecule has 174 valence electrons. The van der Waals surface area contributed by atoms with Crippen LogP contribution in [0.4, 0.5) is 5.69 Å². The first kappa shape index (κ1) is 23.5. The van der Waals surface area contributed by atoms with E-state index in [9.17, 15) is 10.4 Å². The van der Waals surface area contributed by atoms with Gasteiger partial charge >= 0.3 is 0 Å². The van der Waals surface area contributed by atoms with E-state index in [1.54, 1.807) is 18.2 Å². The third-order valence-corrected chi connectivity index (χ3v) is 6.70. The standard InChI is InChI=1S/C28H29ClN4O/c1-17-8-10-33(11-9-17)27(26(32)21-12-18(2)13-22(29)14-21)24-15-19(6-7-25(24)31)23-5-3-4-20(16-30)28(23)34/h3-7,12-15,17,34H,8-11,31-32H2,1-2H3/b27-26+. The van der Waals surface area contributed by atoms with Crippen molar-refractivity contribution in [2.24, 2.45) is 11.7 Å². The maximum Gasteiger partial charge on any atom is 0.141 e. The van der Waals surface area contributed by atoms with Crippen LogP contribution in [0.2, 0.25) is 5.02 Å². The van der Waals surface area contributed by atoms with Gasteiger partial charge < -0.3 is 21.5 Å². The van der Waals surface area contributed by atoms with E-state index >= 15 is 0 Å². The van der Waals surface area contributed by atoms with E-state index in [4.69, 9.17) is 23.1 Å². The molecule has 6 heteroatoms. The number of nitrogens with two attached hydrogens (primary N) is 2. The zero-order valence-corrected chi connectivity index (χ0v) is 20.2. The van der Waals surface area contributed by atoms with Gasteiger partial charge in [-0.15, -0.1) is 0 Å². The minimum Gasteiger partial charge on any atom is -0.506 e. The summed E-state index contributed by atoms with van der Waals surface area (Å²) in [4.78, 5) is 2.30. The highest BCUT2D eigenvalue weighted by Crippen LogP contribution is 2.38. The molecule has 3 aromatic rings. The van der Waals surface area contributed by atoms with E-state index in [0.29, 0.717) is 27.9 Å². The number of nitrogens with zero attached hydrogens (tertiary/aromatic N) is 2. The molecule has 1 aliphatic heterocycles. The van der Waals surface area contributed by atoms with Gasteiger partial charge in [0.05, 0.1) is 17.0 Å². The molecule has 1 heterocycles. The van der Waals surface area contributed by atoms with Crippen molar-refractivity contribution in [1.29, 1.82) is 5.26 Å². The largest absolute Gasteiger partial charge is 0.506 e. The lowest BCUT2D eigenvalue weighted by atomic mass is 9.93. The molecule has 0 radical (unpaired) electrons. The molecule has 34 heavy (non-hydrogen) atoms. The van der Waals surface area contributed by atoms with Crippen LogP contribution in [-0.2, 0) is 0 Å². The minimum absolute atomic E-state index is 0.0449. The summed E-state index contributed by atoms with van der Waals surface area (Å²) < 4.78 is 0. The molecular formula is C28H29ClN4O. The summed E-state index contributed by atoms with van der Waals surface area (Å²) in [6.07, 6.45) is 2.13.